The Labute approximate surface area is 106 Å². The lowest BCUT2D eigenvalue weighted by atomic mass is 10.1. The van der Waals surface area contributed by atoms with Gasteiger partial charge in [0.1, 0.15) is 5.75 Å². The molecule has 1 aliphatic rings. The predicted octanol–water partition coefficient (Wildman–Crippen LogP) is 2.53. The van der Waals surface area contributed by atoms with Crippen molar-refractivity contribution in [2.45, 2.75) is 25.8 Å². The molecule has 1 aromatic carbocycles. The van der Waals surface area contributed by atoms with Gasteiger partial charge in [0.25, 0.3) is 0 Å². The maximum Gasteiger partial charge on any atom is 0.119 e. The summed E-state index contributed by atoms with van der Waals surface area (Å²) >= 11 is 0. The van der Waals surface area contributed by atoms with E-state index >= 15 is 0 Å². The molecular weight excluding hydrogens is 226 g/mol. The molecule has 1 aliphatic carbocycles. The second kappa shape index (κ2) is 4.05. The van der Waals surface area contributed by atoms with Gasteiger partial charge in [-0.3, -0.25) is 4.68 Å². The number of phenols is 1. The molecule has 18 heavy (non-hydrogen) atoms. The molecule has 0 fully saturated rings. The van der Waals surface area contributed by atoms with Gasteiger partial charge in [-0.2, -0.15) is 5.10 Å². The summed E-state index contributed by atoms with van der Waals surface area (Å²) in [7, 11) is 1.92. The van der Waals surface area contributed by atoms with E-state index in [1.54, 1.807) is 6.07 Å². The first kappa shape index (κ1) is 11.1. The Morgan fingerprint density at radius 1 is 1.44 bits per heavy atom. The third-order valence-corrected chi connectivity index (χ3v) is 3.59. The van der Waals surface area contributed by atoms with Crippen LogP contribution >= 0.6 is 0 Å². The van der Waals surface area contributed by atoms with E-state index in [0.717, 1.165) is 29.8 Å². The number of aromatic hydroxyl groups is 1. The lowest BCUT2D eigenvalue weighted by Crippen LogP contribution is -2.07. The molecule has 1 aromatic heterocycles. The fourth-order valence-electron chi connectivity index (χ4n) is 2.71. The first-order valence-corrected chi connectivity index (χ1v) is 6.22. The number of rotatable bonds is 2. The molecule has 1 atom stereocenters. The minimum absolute atomic E-state index is 0.273. The molecule has 1 unspecified atom stereocenters. The standard InChI is InChI=1S/C14H17N3O/c1-9-13(8-17(2)16-9)15-12-7-6-11-10(12)4-3-5-14(11)18/h3-5,8,12,15,18H,6-7H2,1-2H3. The minimum atomic E-state index is 0.273. The number of aromatic nitrogens is 2. The number of hydrogen-bond donors (Lipinski definition) is 2. The summed E-state index contributed by atoms with van der Waals surface area (Å²) in [5.41, 5.74) is 4.36. The highest BCUT2D eigenvalue weighted by Gasteiger charge is 2.25. The zero-order valence-electron chi connectivity index (χ0n) is 10.6. The third kappa shape index (κ3) is 1.74. The van der Waals surface area contributed by atoms with E-state index in [9.17, 15) is 5.11 Å². The minimum Gasteiger partial charge on any atom is -0.508 e. The Bertz CT molecular complexity index is 589. The fourth-order valence-corrected chi connectivity index (χ4v) is 2.71. The number of hydrogen-bond acceptors (Lipinski definition) is 3. The van der Waals surface area contributed by atoms with Crippen LogP contribution in [0, 0.1) is 6.92 Å². The summed E-state index contributed by atoms with van der Waals surface area (Å²) in [6.45, 7) is 2.00. The number of fused-ring (bicyclic) bond motifs is 1. The van der Waals surface area contributed by atoms with E-state index in [1.165, 1.54) is 5.56 Å². The van der Waals surface area contributed by atoms with Gasteiger partial charge in [0, 0.05) is 13.2 Å². The van der Waals surface area contributed by atoms with Crippen molar-refractivity contribution in [3.8, 4) is 5.75 Å². The summed E-state index contributed by atoms with van der Waals surface area (Å²) in [5, 5.41) is 17.7. The molecule has 0 saturated heterocycles. The van der Waals surface area contributed by atoms with Gasteiger partial charge in [-0.15, -0.1) is 0 Å². The zero-order valence-corrected chi connectivity index (χ0v) is 10.6. The maximum atomic E-state index is 9.83. The van der Waals surface area contributed by atoms with Crippen LogP contribution in [0.25, 0.3) is 0 Å². The predicted molar refractivity (Wildman–Crippen MR) is 70.7 cm³/mol. The highest BCUT2D eigenvalue weighted by atomic mass is 16.3. The first-order valence-electron chi connectivity index (χ1n) is 6.22. The summed E-state index contributed by atoms with van der Waals surface area (Å²) in [6, 6.07) is 6.03. The average Bonchev–Trinajstić information content (AvgIpc) is 2.86. The Balaban J connectivity index is 1.89. The van der Waals surface area contributed by atoms with Crippen LogP contribution in [0.15, 0.2) is 24.4 Å². The van der Waals surface area contributed by atoms with Crippen LogP contribution in [-0.2, 0) is 13.5 Å². The van der Waals surface area contributed by atoms with Gasteiger partial charge in [0.2, 0.25) is 0 Å². The number of anilines is 1. The van der Waals surface area contributed by atoms with Crippen molar-refractivity contribution in [2.24, 2.45) is 7.05 Å². The summed E-state index contributed by atoms with van der Waals surface area (Å²) in [4.78, 5) is 0. The van der Waals surface area contributed by atoms with Crippen LogP contribution in [-0.4, -0.2) is 14.9 Å². The molecule has 94 valence electrons. The molecule has 0 bridgehead atoms. The summed E-state index contributed by atoms with van der Waals surface area (Å²) in [6.07, 6.45) is 3.94. The zero-order chi connectivity index (χ0) is 12.7. The van der Waals surface area contributed by atoms with Crippen molar-refractivity contribution in [1.29, 1.82) is 0 Å². The first-order chi connectivity index (χ1) is 8.65. The Morgan fingerprint density at radius 2 is 2.28 bits per heavy atom. The van der Waals surface area contributed by atoms with Gasteiger partial charge in [-0.05, 0) is 37.0 Å². The number of aryl methyl sites for hydroxylation is 2. The molecule has 4 nitrogen and oxygen atoms in total. The molecule has 0 saturated carbocycles. The van der Waals surface area contributed by atoms with Crippen molar-refractivity contribution in [3.63, 3.8) is 0 Å². The second-order valence-corrected chi connectivity index (χ2v) is 4.88. The van der Waals surface area contributed by atoms with Gasteiger partial charge in [-0.25, -0.2) is 0 Å². The van der Waals surface area contributed by atoms with E-state index in [1.807, 2.05) is 30.9 Å². The molecule has 0 spiro atoms. The Morgan fingerprint density at radius 3 is 3.00 bits per heavy atom. The average molecular weight is 243 g/mol. The van der Waals surface area contributed by atoms with Crippen molar-refractivity contribution in [2.75, 3.05) is 5.32 Å². The maximum absolute atomic E-state index is 9.83. The largest absolute Gasteiger partial charge is 0.508 e. The van der Waals surface area contributed by atoms with E-state index in [-0.39, 0.29) is 6.04 Å². The lowest BCUT2D eigenvalue weighted by molar-refractivity contribution is 0.469. The normalized spacial score (nSPS) is 17.8. The molecule has 3 rings (SSSR count). The van der Waals surface area contributed by atoms with Gasteiger partial charge in [-0.1, -0.05) is 12.1 Å². The van der Waals surface area contributed by atoms with E-state index < -0.39 is 0 Å². The van der Waals surface area contributed by atoms with Gasteiger partial charge < -0.3 is 10.4 Å². The van der Waals surface area contributed by atoms with Crippen LogP contribution in [0.3, 0.4) is 0 Å². The van der Waals surface area contributed by atoms with Crippen LogP contribution in [0.5, 0.6) is 5.75 Å². The molecule has 2 aromatic rings. The van der Waals surface area contributed by atoms with E-state index in [0.29, 0.717) is 5.75 Å². The van der Waals surface area contributed by atoms with Gasteiger partial charge >= 0.3 is 0 Å². The highest BCUT2D eigenvalue weighted by molar-refractivity contribution is 5.52. The molecule has 0 aliphatic heterocycles. The van der Waals surface area contributed by atoms with Gasteiger partial charge in [0.15, 0.2) is 0 Å². The molecule has 4 heteroatoms. The topological polar surface area (TPSA) is 50.1 Å². The van der Waals surface area contributed by atoms with Crippen molar-refractivity contribution in [3.05, 3.63) is 41.2 Å². The third-order valence-electron chi connectivity index (χ3n) is 3.59. The quantitative estimate of drug-likeness (QED) is 0.852. The molecule has 0 amide bonds. The van der Waals surface area contributed by atoms with Crippen LogP contribution in [0.2, 0.25) is 0 Å². The summed E-state index contributed by atoms with van der Waals surface area (Å²) < 4.78 is 1.82. The number of phenolic OH excluding ortho intramolecular Hbond substituents is 1. The van der Waals surface area contributed by atoms with Crippen LogP contribution in [0.1, 0.15) is 29.3 Å². The molecule has 0 radical (unpaired) electrons. The SMILES string of the molecule is Cc1nn(C)cc1NC1CCc2c(O)cccc21. The van der Waals surface area contributed by atoms with E-state index in [4.69, 9.17) is 0 Å². The Hall–Kier alpha value is -1.97. The monoisotopic (exact) mass is 243 g/mol. The Kier molecular flexibility index (Phi) is 2.51. The van der Waals surface area contributed by atoms with Crippen molar-refractivity contribution >= 4 is 5.69 Å². The summed E-state index contributed by atoms with van der Waals surface area (Å²) in [5.74, 6) is 0.416. The highest BCUT2D eigenvalue weighted by Crippen LogP contribution is 2.38. The smallest absolute Gasteiger partial charge is 0.119 e. The molecular formula is C14H17N3O. The van der Waals surface area contributed by atoms with Crippen LogP contribution in [0.4, 0.5) is 5.69 Å². The number of benzene rings is 1. The molecule has 1 heterocycles. The van der Waals surface area contributed by atoms with Crippen LogP contribution < -0.4 is 5.32 Å². The molecule has 2 N–H and O–H groups in total. The number of nitrogens with zero attached hydrogens (tertiary/aromatic N) is 2. The second-order valence-electron chi connectivity index (χ2n) is 4.88. The number of nitrogens with one attached hydrogen (secondary N) is 1. The lowest BCUT2D eigenvalue weighted by Gasteiger charge is -2.14. The van der Waals surface area contributed by atoms with E-state index in [2.05, 4.69) is 16.5 Å². The van der Waals surface area contributed by atoms with Gasteiger partial charge in [0.05, 0.1) is 17.4 Å². The van der Waals surface area contributed by atoms with Crippen molar-refractivity contribution in [1.82, 2.24) is 9.78 Å². The fraction of sp³-hybridized carbons (Fsp3) is 0.357. The van der Waals surface area contributed by atoms with Crippen molar-refractivity contribution < 1.29 is 5.11 Å².